The van der Waals surface area contributed by atoms with Gasteiger partial charge < -0.3 is 64.2 Å². The number of hydrogen-bond donors (Lipinski definition) is 7. The SMILES string of the molecule is CCCCCCCCCCCOCCOCCO[C@@H]1O[C@H](CO)[C@@H](O[C@@H]2O[C@H](CO)[C@H](O)[C@H](O)[C@H]2O)[C@H](O)[C@H]1O. The molecule has 2 rings (SSSR count). The molecule has 0 amide bonds. The molecule has 0 unspecified atom stereocenters. The van der Waals surface area contributed by atoms with Crippen LogP contribution in [0.2, 0.25) is 0 Å². The number of hydrogen-bond acceptors (Lipinski definition) is 13. The molecule has 10 atom stereocenters. The van der Waals surface area contributed by atoms with Crippen LogP contribution < -0.4 is 0 Å². The Hall–Kier alpha value is -0.520. The molecule has 0 radical (unpaired) electrons. The van der Waals surface area contributed by atoms with Gasteiger partial charge in [-0.2, -0.15) is 0 Å². The summed E-state index contributed by atoms with van der Waals surface area (Å²) in [6.07, 6.45) is -3.49. The second-order valence-electron chi connectivity index (χ2n) is 10.4. The molecule has 7 N–H and O–H groups in total. The lowest BCUT2D eigenvalue weighted by atomic mass is 9.97. The normalized spacial score (nSPS) is 34.8. The van der Waals surface area contributed by atoms with E-state index in [0.29, 0.717) is 19.8 Å². The minimum atomic E-state index is -1.72. The van der Waals surface area contributed by atoms with Crippen LogP contribution in [-0.2, 0) is 28.4 Å². The maximum atomic E-state index is 10.6. The molecule has 0 bridgehead atoms. The van der Waals surface area contributed by atoms with E-state index in [0.717, 1.165) is 6.42 Å². The maximum Gasteiger partial charge on any atom is 0.187 e. The number of aliphatic hydroxyl groups is 7. The average Bonchev–Trinajstić information content (AvgIpc) is 2.96. The standard InChI is InChI=1S/C27H52O13/c1-2-3-4-5-6-7-8-9-10-11-35-12-13-36-14-15-37-26-24(34)22(32)25(19(17-29)39-26)40-27-23(33)21(31)20(30)18(16-28)38-27/h18-34H,2-17H2,1H3/t18-,19-,20+,21+,22-,23-,24-,25-,26-,27+/m1/s1. The Kier molecular flexibility index (Phi) is 18.2. The average molecular weight is 585 g/mol. The van der Waals surface area contributed by atoms with Crippen molar-refractivity contribution in [3.63, 3.8) is 0 Å². The van der Waals surface area contributed by atoms with Gasteiger partial charge in [-0.3, -0.25) is 0 Å². The Labute approximate surface area is 236 Å². The van der Waals surface area contributed by atoms with Crippen LogP contribution in [0.5, 0.6) is 0 Å². The molecule has 2 heterocycles. The first-order valence-corrected chi connectivity index (χ1v) is 14.7. The fourth-order valence-electron chi connectivity index (χ4n) is 4.75. The summed E-state index contributed by atoms with van der Waals surface area (Å²) in [6.45, 7) is 2.71. The highest BCUT2D eigenvalue weighted by Crippen LogP contribution is 2.29. The number of unbranched alkanes of at least 4 members (excludes halogenated alkanes) is 8. The van der Waals surface area contributed by atoms with E-state index in [4.69, 9.17) is 28.4 Å². The Morgan fingerprint density at radius 3 is 1.68 bits per heavy atom. The smallest absolute Gasteiger partial charge is 0.187 e. The van der Waals surface area contributed by atoms with Crippen molar-refractivity contribution in [2.24, 2.45) is 0 Å². The van der Waals surface area contributed by atoms with Crippen LogP contribution in [0.15, 0.2) is 0 Å². The van der Waals surface area contributed by atoms with Gasteiger partial charge in [0.2, 0.25) is 0 Å². The van der Waals surface area contributed by atoms with Gasteiger partial charge in [0.15, 0.2) is 12.6 Å². The van der Waals surface area contributed by atoms with Gasteiger partial charge in [-0.05, 0) is 6.42 Å². The number of rotatable bonds is 21. The Morgan fingerprint density at radius 1 is 0.525 bits per heavy atom. The van der Waals surface area contributed by atoms with Crippen molar-refractivity contribution in [2.75, 3.05) is 46.2 Å². The van der Waals surface area contributed by atoms with E-state index >= 15 is 0 Å². The molecular weight excluding hydrogens is 532 g/mol. The first-order valence-electron chi connectivity index (χ1n) is 14.7. The summed E-state index contributed by atoms with van der Waals surface area (Å²) < 4.78 is 32.9. The second-order valence-corrected chi connectivity index (χ2v) is 10.4. The summed E-state index contributed by atoms with van der Waals surface area (Å²) in [4.78, 5) is 0. The topological polar surface area (TPSA) is 197 Å². The lowest BCUT2D eigenvalue weighted by Gasteiger charge is -2.45. The largest absolute Gasteiger partial charge is 0.394 e. The molecule has 0 saturated carbocycles. The van der Waals surface area contributed by atoms with E-state index < -0.39 is 74.6 Å². The van der Waals surface area contributed by atoms with Crippen LogP contribution in [0, 0.1) is 0 Å². The quantitative estimate of drug-likeness (QED) is 0.0828. The lowest BCUT2D eigenvalue weighted by molar-refractivity contribution is -0.359. The zero-order valence-electron chi connectivity index (χ0n) is 23.7. The summed E-state index contributed by atoms with van der Waals surface area (Å²) in [5.41, 5.74) is 0. The molecule has 13 nitrogen and oxygen atoms in total. The minimum Gasteiger partial charge on any atom is -0.394 e. The van der Waals surface area contributed by atoms with E-state index in [1.54, 1.807) is 0 Å². The Balaban J connectivity index is 1.59. The molecule has 2 aliphatic heterocycles. The summed E-state index contributed by atoms with van der Waals surface area (Å²) >= 11 is 0. The third-order valence-corrected chi connectivity index (χ3v) is 7.23. The van der Waals surface area contributed by atoms with Crippen LogP contribution >= 0.6 is 0 Å². The zero-order chi connectivity index (χ0) is 29.3. The van der Waals surface area contributed by atoms with Crippen LogP contribution in [0.4, 0.5) is 0 Å². The monoisotopic (exact) mass is 584 g/mol. The fraction of sp³-hybridized carbons (Fsp3) is 1.00. The molecule has 0 aromatic carbocycles. The highest BCUT2D eigenvalue weighted by atomic mass is 16.7. The third-order valence-electron chi connectivity index (χ3n) is 7.23. The summed E-state index contributed by atoms with van der Waals surface area (Å²) in [6, 6.07) is 0. The molecule has 0 spiro atoms. The van der Waals surface area contributed by atoms with E-state index in [2.05, 4.69) is 6.92 Å². The van der Waals surface area contributed by atoms with Crippen molar-refractivity contribution in [2.45, 2.75) is 126 Å². The molecule has 13 heteroatoms. The first kappa shape index (κ1) is 35.7. The summed E-state index contributed by atoms with van der Waals surface area (Å²) in [7, 11) is 0. The van der Waals surface area contributed by atoms with Gasteiger partial charge in [0, 0.05) is 6.61 Å². The molecule has 2 fully saturated rings. The van der Waals surface area contributed by atoms with E-state index in [-0.39, 0.29) is 13.2 Å². The van der Waals surface area contributed by atoms with Gasteiger partial charge in [0.05, 0.1) is 39.6 Å². The van der Waals surface area contributed by atoms with Gasteiger partial charge in [0.25, 0.3) is 0 Å². The first-order chi connectivity index (χ1) is 19.3. The van der Waals surface area contributed by atoms with Crippen LogP contribution in [0.1, 0.15) is 64.7 Å². The Morgan fingerprint density at radius 2 is 1.05 bits per heavy atom. The predicted octanol–water partition coefficient (Wildman–Crippen LogP) is -0.809. The van der Waals surface area contributed by atoms with Crippen LogP contribution in [0.25, 0.3) is 0 Å². The predicted molar refractivity (Wildman–Crippen MR) is 141 cm³/mol. The fourth-order valence-corrected chi connectivity index (χ4v) is 4.75. The van der Waals surface area contributed by atoms with Crippen molar-refractivity contribution in [1.29, 1.82) is 0 Å². The number of ether oxygens (including phenoxy) is 6. The van der Waals surface area contributed by atoms with Gasteiger partial charge in [-0.15, -0.1) is 0 Å². The number of aliphatic hydroxyl groups excluding tert-OH is 7. The van der Waals surface area contributed by atoms with E-state index in [1.165, 1.54) is 51.4 Å². The van der Waals surface area contributed by atoms with Crippen molar-refractivity contribution < 1.29 is 64.2 Å². The van der Waals surface area contributed by atoms with Crippen LogP contribution in [-0.4, -0.2) is 143 Å². The molecule has 40 heavy (non-hydrogen) atoms. The second kappa shape index (κ2) is 20.4. The van der Waals surface area contributed by atoms with Crippen molar-refractivity contribution in [3.8, 4) is 0 Å². The summed E-state index contributed by atoms with van der Waals surface area (Å²) in [5.74, 6) is 0. The maximum absolute atomic E-state index is 10.6. The zero-order valence-corrected chi connectivity index (χ0v) is 23.7. The molecule has 2 saturated heterocycles. The van der Waals surface area contributed by atoms with Crippen LogP contribution in [0.3, 0.4) is 0 Å². The molecular formula is C27H52O13. The van der Waals surface area contributed by atoms with E-state index in [1.807, 2.05) is 0 Å². The molecule has 0 aliphatic carbocycles. The van der Waals surface area contributed by atoms with Crippen molar-refractivity contribution >= 4 is 0 Å². The summed E-state index contributed by atoms with van der Waals surface area (Å²) in [5, 5.41) is 70.2. The molecule has 0 aromatic rings. The van der Waals surface area contributed by atoms with Crippen molar-refractivity contribution in [1.82, 2.24) is 0 Å². The third kappa shape index (κ3) is 11.6. The minimum absolute atomic E-state index is 0.0447. The molecule has 0 aromatic heterocycles. The van der Waals surface area contributed by atoms with E-state index in [9.17, 15) is 35.7 Å². The van der Waals surface area contributed by atoms with Gasteiger partial charge in [0.1, 0.15) is 48.8 Å². The Bertz CT molecular complexity index is 625. The van der Waals surface area contributed by atoms with Crippen molar-refractivity contribution in [3.05, 3.63) is 0 Å². The van der Waals surface area contributed by atoms with Gasteiger partial charge in [-0.25, -0.2) is 0 Å². The molecule has 2 aliphatic rings. The highest BCUT2D eigenvalue weighted by molar-refractivity contribution is 4.94. The lowest BCUT2D eigenvalue weighted by Crippen LogP contribution is -2.64. The van der Waals surface area contributed by atoms with Gasteiger partial charge >= 0.3 is 0 Å². The molecule has 238 valence electrons. The highest BCUT2D eigenvalue weighted by Gasteiger charge is 2.50. The van der Waals surface area contributed by atoms with Gasteiger partial charge in [-0.1, -0.05) is 58.3 Å².